The van der Waals surface area contributed by atoms with Crippen LogP contribution in [0, 0.1) is 5.92 Å². The minimum atomic E-state index is -1.19. The molecule has 0 saturated heterocycles. The predicted molar refractivity (Wildman–Crippen MR) is 131 cm³/mol. The van der Waals surface area contributed by atoms with E-state index in [-0.39, 0.29) is 23.9 Å². The number of nitrogens with one attached hydrogen (secondary N) is 2. The zero-order chi connectivity index (χ0) is 25.7. The molecule has 0 spiro atoms. The second-order valence-electron chi connectivity index (χ2n) is 8.18. The minimum absolute atomic E-state index is 0.0531. The van der Waals surface area contributed by atoms with Crippen molar-refractivity contribution in [3.63, 3.8) is 0 Å². The van der Waals surface area contributed by atoms with Gasteiger partial charge in [0.25, 0.3) is 0 Å². The lowest BCUT2D eigenvalue weighted by molar-refractivity contribution is -0.140. The van der Waals surface area contributed by atoms with Gasteiger partial charge in [0.15, 0.2) is 5.78 Å². The number of ether oxygens (including phenoxy) is 2. The Balaban J connectivity index is 2.88. The van der Waals surface area contributed by atoms with Crippen LogP contribution in [0.4, 0.5) is 0 Å². The van der Waals surface area contributed by atoms with Crippen LogP contribution in [0.2, 0.25) is 0 Å². The lowest BCUT2D eigenvalue weighted by Gasteiger charge is -2.25. The van der Waals surface area contributed by atoms with Gasteiger partial charge in [0.2, 0.25) is 11.8 Å². The highest BCUT2D eigenvalue weighted by Crippen LogP contribution is 2.24. The number of aliphatic carboxylic acids is 1. The molecule has 0 aliphatic rings. The number of methoxy groups -OCH3 is 2. The van der Waals surface area contributed by atoms with Crippen LogP contribution >= 0.6 is 11.8 Å². The SMILES string of the molecule is CCCCSCC(=O)C(CC(=O)O)NC(=O)[C@@H](NC(=O)Cc1cc(OC)ccc1OC)C(C)C. The molecule has 0 saturated carbocycles. The first kappa shape index (κ1) is 29.3. The van der Waals surface area contributed by atoms with E-state index in [1.807, 2.05) is 6.92 Å². The molecule has 1 rings (SSSR count). The summed E-state index contributed by atoms with van der Waals surface area (Å²) in [6.45, 7) is 5.55. The third kappa shape index (κ3) is 10.0. The van der Waals surface area contributed by atoms with E-state index in [0.29, 0.717) is 17.1 Å². The van der Waals surface area contributed by atoms with E-state index in [2.05, 4.69) is 10.6 Å². The number of hydrogen-bond donors (Lipinski definition) is 3. The fraction of sp³-hybridized carbons (Fsp3) is 0.583. The molecule has 9 nitrogen and oxygen atoms in total. The van der Waals surface area contributed by atoms with Crippen molar-refractivity contribution in [2.75, 3.05) is 25.7 Å². The van der Waals surface area contributed by atoms with Crippen LogP contribution < -0.4 is 20.1 Å². The minimum Gasteiger partial charge on any atom is -0.497 e. The van der Waals surface area contributed by atoms with E-state index in [1.54, 1.807) is 32.0 Å². The number of rotatable bonds is 16. The van der Waals surface area contributed by atoms with E-state index in [9.17, 15) is 24.3 Å². The summed E-state index contributed by atoms with van der Waals surface area (Å²) in [7, 11) is 3.01. The number of Topliss-reactive ketones (excluding diaryl/α,β-unsaturated/α-hetero) is 1. The van der Waals surface area contributed by atoms with Crippen molar-refractivity contribution in [3.05, 3.63) is 23.8 Å². The zero-order valence-electron chi connectivity index (χ0n) is 20.5. The second-order valence-corrected chi connectivity index (χ2v) is 9.28. The van der Waals surface area contributed by atoms with Gasteiger partial charge in [-0.1, -0.05) is 27.2 Å². The predicted octanol–water partition coefficient (Wildman–Crippen LogP) is 2.45. The first-order chi connectivity index (χ1) is 16.1. The summed E-state index contributed by atoms with van der Waals surface area (Å²) in [6.07, 6.45) is 1.38. The number of carboxylic acids is 1. The Labute approximate surface area is 205 Å². The summed E-state index contributed by atoms with van der Waals surface area (Å²) in [5.74, 6) is -0.880. The van der Waals surface area contributed by atoms with Crippen LogP contribution in [0.5, 0.6) is 11.5 Å². The molecule has 1 aromatic carbocycles. The molecule has 1 aromatic rings. The third-order valence-corrected chi connectivity index (χ3v) is 6.14. The Morgan fingerprint density at radius 3 is 2.35 bits per heavy atom. The van der Waals surface area contributed by atoms with Crippen molar-refractivity contribution in [1.29, 1.82) is 0 Å². The van der Waals surface area contributed by atoms with Gasteiger partial charge in [-0.05, 0) is 36.3 Å². The molecule has 190 valence electrons. The number of amides is 2. The van der Waals surface area contributed by atoms with E-state index < -0.39 is 36.3 Å². The van der Waals surface area contributed by atoms with E-state index in [1.165, 1.54) is 26.0 Å². The first-order valence-corrected chi connectivity index (χ1v) is 12.4. The topological polar surface area (TPSA) is 131 Å². The lowest BCUT2D eigenvalue weighted by Crippen LogP contribution is -2.54. The summed E-state index contributed by atoms with van der Waals surface area (Å²) >= 11 is 1.42. The van der Waals surface area contributed by atoms with Gasteiger partial charge in [0, 0.05) is 5.56 Å². The maximum Gasteiger partial charge on any atom is 0.305 e. The number of hydrogen-bond acceptors (Lipinski definition) is 7. The number of carbonyl (C=O) groups excluding carboxylic acids is 3. The molecule has 0 aliphatic heterocycles. The largest absolute Gasteiger partial charge is 0.497 e. The Kier molecular flexibility index (Phi) is 13.1. The first-order valence-electron chi connectivity index (χ1n) is 11.3. The number of benzene rings is 1. The summed E-state index contributed by atoms with van der Waals surface area (Å²) in [4.78, 5) is 49.5. The second kappa shape index (κ2) is 15.2. The molecule has 0 heterocycles. The van der Waals surface area contributed by atoms with Gasteiger partial charge in [0.05, 0.1) is 38.9 Å². The molecule has 0 bridgehead atoms. The van der Waals surface area contributed by atoms with Gasteiger partial charge < -0.3 is 25.2 Å². The van der Waals surface area contributed by atoms with Gasteiger partial charge in [-0.3, -0.25) is 19.2 Å². The highest BCUT2D eigenvalue weighted by molar-refractivity contribution is 7.99. The van der Waals surface area contributed by atoms with Crippen LogP contribution in [0.25, 0.3) is 0 Å². The molecular formula is C24H36N2O7S. The Bertz CT molecular complexity index is 845. The fourth-order valence-corrected chi connectivity index (χ4v) is 4.19. The quantitative estimate of drug-likeness (QED) is 0.298. The van der Waals surface area contributed by atoms with Gasteiger partial charge in [0.1, 0.15) is 17.5 Å². The number of carboxylic acid groups (broad SMARTS) is 1. The van der Waals surface area contributed by atoms with Crippen LogP contribution in [-0.2, 0) is 25.6 Å². The molecule has 2 atom stereocenters. The van der Waals surface area contributed by atoms with Gasteiger partial charge in [-0.2, -0.15) is 11.8 Å². The zero-order valence-corrected chi connectivity index (χ0v) is 21.3. The molecule has 34 heavy (non-hydrogen) atoms. The van der Waals surface area contributed by atoms with Gasteiger partial charge in [-0.15, -0.1) is 0 Å². The molecule has 3 N–H and O–H groups in total. The van der Waals surface area contributed by atoms with Crippen LogP contribution in [0.15, 0.2) is 18.2 Å². The average Bonchev–Trinajstić information content (AvgIpc) is 2.79. The summed E-state index contributed by atoms with van der Waals surface area (Å²) in [5, 5.41) is 14.4. The summed E-state index contributed by atoms with van der Waals surface area (Å²) < 4.78 is 10.5. The number of ketones is 1. The Morgan fingerprint density at radius 1 is 1.09 bits per heavy atom. The lowest BCUT2D eigenvalue weighted by atomic mass is 10.0. The molecule has 2 amide bonds. The summed E-state index contributed by atoms with van der Waals surface area (Å²) in [5.41, 5.74) is 0.588. The Hall–Kier alpha value is -2.75. The van der Waals surface area contributed by atoms with Crippen molar-refractivity contribution in [2.45, 2.75) is 58.5 Å². The summed E-state index contributed by atoms with van der Waals surface area (Å²) in [6, 6.07) is 2.98. The molecule has 0 fully saturated rings. The molecule has 0 aromatic heterocycles. The molecule has 0 radical (unpaired) electrons. The van der Waals surface area contributed by atoms with E-state index in [0.717, 1.165) is 18.6 Å². The van der Waals surface area contributed by atoms with E-state index >= 15 is 0 Å². The van der Waals surface area contributed by atoms with Gasteiger partial charge >= 0.3 is 5.97 Å². The monoisotopic (exact) mass is 496 g/mol. The van der Waals surface area contributed by atoms with Crippen molar-refractivity contribution in [1.82, 2.24) is 10.6 Å². The highest BCUT2D eigenvalue weighted by Gasteiger charge is 2.30. The van der Waals surface area contributed by atoms with Crippen LogP contribution in [-0.4, -0.2) is 66.5 Å². The molecular weight excluding hydrogens is 460 g/mol. The average molecular weight is 497 g/mol. The number of unbranched alkanes of at least 4 members (excludes halogenated alkanes) is 1. The van der Waals surface area contributed by atoms with Gasteiger partial charge in [-0.25, -0.2) is 0 Å². The van der Waals surface area contributed by atoms with Crippen molar-refractivity contribution >= 4 is 35.3 Å². The maximum absolute atomic E-state index is 12.9. The smallest absolute Gasteiger partial charge is 0.305 e. The number of carbonyl (C=O) groups is 4. The molecule has 10 heteroatoms. The highest BCUT2D eigenvalue weighted by atomic mass is 32.2. The van der Waals surface area contributed by atoms with E-state index in [4.69, 9.17) is 9.47 Å². The van der Waals surface area contributed by atoms with Crippen molar-refractivity contribution < 1.29 is 33.8 Å². The van der Waals surface area contributed by atoms with Crippen molar-refractivity contribution in [3.8, 4) is 11.5 Å². The van der Waals surface area contributed by atoms with Crippen molar-refractivity contribution in [2.24, 2.45) is 5.92 Å². The fourth-order valence-electron chi connectivity index (χ4n) is 3.15. The maximum atomic E-state index is 12.9. The standard InChI is InChI=1S/C24H36N2O7S/c1-6-7-10-34-14-19(27)18(13-22(29)30)25-24(31)23(15(2)3)26-21(28)12-16-11-17(32-4)8-9-20(16)33-5/h8-9,11,15,18,23H,6-7,10,12-14H2,1-5H3,(H,25,31)(H,26,28)(H,29,30)/t18?,23-/m0/s1. The Morgan fingerprint density at radius 2 is 1.79 bits per heavy atom. The third-order valence-electron chi connectivity index (χ3n) is 5.07. The molecule has 1 unspecified atom stereocenters. The van der Waals surface area contributed by atoms with Crippen LogP contribution in [0.3, 0.4) is 0 Å². The molecule has 0 aliphatic carbocycles. The number of thioether (sulfide) groups is 1. The normalized spacial score (nSPS) is 12.5. The van der Waals surface area contributed by atoms with Crippen LogP contribution in [0.1, 0.15) is 45.6 Å².